The first-order chi connectivity index (χ1) is 8.06. The Balaban J connectivity index is 2.62. The van der Waals surface area contributed by atoms with E-state index >= 15 is 0 Å². The van der Waals surface area contributed by atoms with E-state index < -0.39 is 18.0 Å². The molecule has 17 heavy (non-hydrogen) atoms. The number of carbonyl (C=O) groups is 2. The Morgan fingerprint density at radius 1 is 1.35 bits per heavy atom. The van der Waals surface area contributed by atoms with Gasteiger partial charge in [0.1, 0.15) is 6.10 Å². The molecule has 92 valence electrons. The van der Waals surface area contributed by atoms with Crippen molar-refractivity contribution < 1.29 is 19.2 Å². The molecule has 5 heteroatoms. The molecule has 1 aromatic carbocycles. The van der Waals surface area contributed by atoms with E-state index in [1.165, 1.54) is 0 Å². The zero-order valence-electron chi connectivity index (χ0n) is 9.50. The van der Waals surface area contributed by atoms with E-state index in [0.29, 0.717) is 5.56 Å². The zero-order chi connectivity index (χ0) is 12.8. The highest BCUT2D eigenvalue weighted by atomic mass is 31.0. The minimum Gasteiger partial charge on any atom is -0.451 e. The van der Waals surface area contributed by atoms with Crippen LogP contribution in [0.2, 0.25) is 0 Å². The second-order valence-corrected chi connectivity index (χ2v) is 4.06. The zero-order valence-corrected chi connectivity index (χ0v) is 10.7. The number of aliphatic hydroxyl groups excluding tert-OH is 1. The van der Waals surface area contributed by atoms with Crippen molar-refractivity contribution >= 4 is 21.2 Å². The number of aliphatic hydroxyl groups is 1. The quantitative estimate of drug-likeness (QED) is 0.811. The van der Waals surface area contributed by atoms with Crippen molar-refractivity contribution in [1.82, 2.24) is 0 Å². The summed E-state index contributed by atoms with van der Waals surface area (Å²) < 4.78 is 4.44. The van der Waals surface area contributed by atoms with Gasteiger partial charge in [-0.25, -0.2) is 0 Å². The molecule has 3 atom stereocenters. The molecule has 1 unspecified atom stereocenters. The van der Waals surface area contributed by atoms with Gasteiger partial charge in [-0.05, 0) is 5.56 Å². The van der Waals surface area contributed by atoms with Crippen LogP contribution in [0.4, 0.5) is 0 Å². The minimum absolute atomic E-state index is 0.0384. The van der Waals surface area contributed by atoms with Gasteiger partial charge in [-0.2, -0.15) is 0 Å². The summed E-state index contributed by atoms with van der Waals surface area (Å²) in [6, 6.07) is 8.62. The first kappa shape index (κ1) is 13.8. The third-order valence-corrected chi connectivity index (χ3v) is 2.68. The van der Waals surface area contributed by atoms with Gasteiger partial charge in [0.2, 0.25) is 0 Å². The molecular weight excluding hydrogens is 239 g/mol. The monoisotopic (exact) mass is 254 g/mol. The Morgan fingerprint density at radius 2 is 1.94 bits per heavy atom. The second kappa shape index (κ2) is 6.48. The van der Waals surface area contributed by atoms with Crippen LogP contribution in [0, 0.1) is 5.92 Å². The van der Waals surface area contributed by atoms with E-state index in [2.05, 4.69) is 4.52 Å². The number of benzene rings is 1. The van der Waals surface area contributed by atoms with Gasteiger partial charge in [0.05, 0.1) is 15.4 Å². The van der Waals surface area contributed by atoms with E-state index in [4.69, 9.17) is 0 Å². The summed E-state index contributed by atoms with van der Waals surface area (Å²) in [5.74, 6) is -1.43. The molecule has 0 spiro atoms. The summed E-state index contributed by atoms with van der Waals surface area (Å²) in [6.07, 6.45) is -1.22. The summed E-state index contributed by atoms with van der Waals surface area (Å²) in [6.45, 7) is 1.59. The largest absolute Gasteiger partial charge is 0.451 e. The van der Waals surface area contributed by atoms with Crippen LogP contribution in [0.15, 0.2) is 30.3 Å². The lowest BCUT2D eigenvalue weighted by molar-refractivity contribution is -0.141. The Hall–Kier alpha value is -1.25. The lowest BCUT2D eigenvalue weighted by atomic mass is 9.98. The molecule has 0 bridgehead atoms. The molecule has 0 heterocycles. The highest BCUT2D eigenvalue weighted by Gasteiger charge is 2.23. The lowest BCUT2D eigenvalue weighted by Gasteiger charge is -2.12. The van der Waals surface area contributed by atoms with Crippen molar-refractivity contribution in [2.24, 2.45) is 5.92 Å². The van der Waals surface area contributed by atoms with Gasteiger partial charge >= 0.3 is 5.97 Å². The van der Waals surface area contributed by atoms with Crippen LogP contribution >= 0.6 is 9.47 Å². The van der Waals surface area contributed by atoms with E-state index in [1.54, 1.807) is 37.3 Å². The fraction of sp³-hybridized carbons (Fsp3) is 0.333. The van der Waals surface area contributed by atoms with Gasteiger partial charge in [-0.3, -0.25) is 9.59 Å². The van der Waals surface area contributed by atoms with Crippen molar-refractivity contribution in [2.45, 2.75) is 19.4 Å². The van der Waals surface area contributed by atoms with Crippen LogP contribution in [0.5, 0.6) is 0 Å². The Kier molecular flexibility index (Phi) is 5.26. The Bertz CT molecular complexity index is 391. The molecule has 4 nitrogen and oxygen atoms in total. The average molecular weight is 254 g/mol. The van der Waals surface area contributed by atoms with Crippen molar-refractivity contribution in [3.8, 4) is 0 Å². The van der Waals surface area contributed by atoms with Crippen LogP contribution in [0.25, 0.3) is 0 Å². The standard InChI is InChI=1S/C12H15O4P/c1-8(12(15)16-17)7-10(13)11(14)9-5-3-2-4-6-9/h2-6,8,11,14H,7,17H2,1H3/t8-,11+/m1/s1. The number of carbonyl (C=O) groups excluding carboxylic acids is 2. The molecule has 0 aliphatic rings. The van der Waals surface area contributed by atoms with Gasteiger partial charge in [0.15, 0.2) is 5.78 Å². The Labute approximate surface area is 102 Å². The topological polar surface area (TPSA) is 63.6 Å². The molecule has 0 aromatic heterocycles. The lowest BCUT2D eigenvalue weighted by Crippen LogP contribution is -2.20. The normalized spacial score (nSPS) is 13.8. The summed E-state index contributed by atoms with van der Waals surface area (Å²) >= 11 is 0. The van der Waals surface area contributed by atoms with Crippen molar-refractivity contribution in [3.63, 3.8) is 0 Å². The maximum Gasteiger partial charge on any atom is 0.311 e. The van der Waals surface area contributed by atoms with Crippen molar-refractivity contribution in [1.29, 1.82) is 0 Å². The number of rotatable bonds is 5. The summed E-state index contributed by atoms with van der Waals surface area (Å²) in [5, 5.41) is 9.79. The SMILES string of the molecule is C[C@H](CC(=O)[C@@H](O)c1ccccc1)C(=O)OP. The highest BCUT2D eigenvalue weighted by molar-refractivity contribution is 7.10. The molecule has 0 amide bonds. The number of hydrogen-bond donors (Lipinski definition) is 1. The average Bonchev–Trinajstić information content (AvgIpc) is 2.37. The van der Waals surface area contributed by atoms with Gasteiger partial charge in [-0.15, -0.1) is 0 Å². The highest BCUT2D eigenvalue weighted by Crippen LogP contribution is 2.18. The number of hydrogen-bond acceptors (Lipinski definition) is 4. The molecule has 1 aromatic rings. The number of Topliss-reactive ketones (excluding diaryl/α,β-unsaturated/α-hetero) is 1. The first-order valence-electron chi connectivity index (χ1n) is 5.22. The van der Waals surface area contributed by atoms with Gasteiger partial charge in [0.25, 0.3) is 0 Å². The van der Waals surface area contributed by atoms with E-state index in [1.807, 2.05) is 9.47 Å². The van der Waals surface area contributed by atoms with Crippen LogP contribution in [0.3, 0.4) is 0 Å². The molecular formula is C12H15O4P. The van der Waals surface area contributed by atoms with Gasteiger partial charge in [-0.1, -0.05) is 37.3 Å². The van der Waals surface area contributed by atoms with Crippen molar-refractivity contribution in [2.75, 3.05) is 0 Å². The van der Waals surface area contributed by atoms with Crippen molar-refractivity contribution in [3.05, 3.63) is 35.9 Å². The fourth-order valence-electron chi connectivity index (χ4n) is 1.43. The molecule has 0 saturated carbocycles. The predicted octanol–water partition coefficient (Wildman–Crippen LogP) is 1.65. The fourth-order valence-corrected chi connectivity index (χ4v) is 1.67. The van der Waals surface area contributed by atoms with E-state index in [-0.39, 0.29) is 12.2 Å². The van der Waals surface area contributed by atoms with E-state index in [9.17, 15) is 14.7 Å². The third kappa shape index (κ3) is 3.91. The molecule has 0 radical (unpaired) electrons. The molecule has 1 rings (SSSR count). The summed E-state index contributed by atoms with van der Waals surface area (Å²) in [7, 11) is 1.85. The maximum absolute atomic E-state index is 11.7. The third-order valence-electron chi connectivity index (χ3n) is 2.45. The van der Waals surface area contributed by atoms with Crippen LogP contribution in [-0.2, 0) is 14.1 Å². The van der Waals surface area contributed by atoms with Crippen LogP contribution in [0.1, 0.15) is 25.0 Å². The van der Waals surface area contributed by atoms with Gasteiger partial charge < -0.3 is 9.63 Å². The maximum atomic E-state index is 11.7. The minimum atomic E-state index is -1.18. The number of ketones is 1. The summed E-state index contributed by atoms with van der Waals surface area (Å²) in [5.41, 5.74) is 0.531. The smallest absolute Gasteiger partial charge is 0.311 e. The van der Waals surface area contributed by atoms with E-state index in [0.717, 1.165) is 0 Å². The Morgan fingerprint density at radius 3 is 2.47 bits per heavy atom. The summed E-state index contributed by atoms with van der Waals surface area (Å²) in [4.78, 5) is 22.8. The molecule has 0 fully saturated rings. The molecule has 0 aliphatic carbocycles. The molecule has 0 saturated heterocycles. The second-order valence-electron chi connectivity index (χ2n) is 3.82. The predicted molar refractivity (Wildman–Crippen MR) is 66.0 cm³/mol. The van der Waals surface area contributed by atoms with Crippen LogP contribution in [-0.4, -0.2) is 16.9 Å². The van der Waals surface area contributed by atoms with Gasteiger partial charge in [0, 0.05) is 6.42 Å². The molecule has 1 N–H and O–H groups in total. The molecule has 0 aliphatic heterocycles. The first-order valence-corrected chi connectivity index (χ1v) is 5.69. The van der Waals surface area contributed by atoms with Crippen LogP contribution < -0.4 is 0 Å².